The van der Waals surface area contributed by atoms with E-state index in [2.05, 4.69) is 20.4 Å². The molecule has 5 fully saturated rings. The Morgan fingerprint density at radius 2 is 1.96 bits per heavy atom. The maximum absolute atomic E-state index is 12.6. The second kappa shape index (κ2) is 5.42. The molecule has 1 unspecified atom stereocenters. The molecule has 0 aromatic carbocycles. The highest BCUT2D eigenvalue weighted by Gasteiger charge is 2.82. The zero-order valence-corrected chi connectivity index (χ0v) is 18.1. The molecule has 7 atom stereocenters. The van der Waals surface area contributed by atoms with Crippen molar-refractivity contribution in [3.05, 3.63) is 12.2 Å². The molecule has 4 aliphatic carbocycles. The fourth-order valence-electron chi connectivity index (χ4n) is 8.31. The van der Waals surface area contributed by atoms with Gasteiger partial charge >= 0.3 is 5.97 Å². The molecule has 5 aliphatic rings. The summed E-state index contributed by atoms with van der Waals surface area (Å²) < 4.78 is 34.9. The molecule has 28 heavy (non-hydrogen) atoms. The van der Waals surface area contributed by atoms with Gasteiger partial charge in [0.25, 0.3) is 10.1 Å². The largest absolute Gasteiger partial charge is 0.462 e. The molecule has 5 nitrogen and oxygen atoms in total. The normalized spacial score (nSPS) is 52.2. The molecule has 0 aromatic heterocycles. The highest BCUT2D eigenvalue weighted by atomic mass is 32.2. The molecule has 1 aliphatic heterocycles. The number of hydrogen-bond donors (Lipinski definition) is 0. The maximum atomic E-state index is 12.6. The summed E-state index contributed by atoms with van der Waals surface area (Å²) in [4.78, 5) is 12.6. The van der Waals surface area contributed by atoms with E-state index >= 15 is 0 Å². The Labute approximate surface area is 168 Å². The smallest absolute Gasteiger partial charge is 0.309 e. The molecule has 0 aromatic rings. The predicted octanol–water partition coefficient (Wildman–Crippen LogP) is 3.84. The highest BCUT2D eigenvalue weighted by molar-refractivity contribution is 7.85. The van der Waals surface area contributed by atoms with Crippen molar-refractivity contribution in [2.75, 3.05) is 12.9 Å². The van der Waals surface area contributed by atoms with E-state index in [1.807, 2.05) is 0 Å². The number of fused-ring (bicyclic) bond motifs is 2. The molecule has 2 bridgehead atoms. The summed E-state index contributed by atoms with van der Waals surface area (Å²) in [5.41, 5.74) is 1.15. The molecule has 5 rings (SSSR count). The summed E-state index contributed by atoms with van der Waals surface area (Å²) in [5, 5.41) is 0. The summed E-state index contributed by atoms with van der Waals surface area (Å²) in [6, 6.07) is 0. The molecule has 0 radical (unpaired) electrons. The minimum atomic E-state index is -3.51. The van der Waals surface area contributed by atoms with Crippen molar-refractivity contribution in [3.63, 3.8) is 0 Å². The Morgan fingerprint density at radius 1 is 1.21 bits per heavy atom. The van der Waals surface area contributed by atoms with Gasteiger partial charge in [-0.05, 0) is 73.5 Å². The highest BCUT2D eigenvalue weighted by Crippen LogP contribution is 2.87. The van der Waals surface area contributed by atoms with Crippen molar-refractivity contribution in [1.82, 2.24) is 0 Å². The van der Waals surface area contributed by atoms with Gasteiger partial charge in [0.15, 0.2) is 0 Å². The van der Waals surface area contributed by atoms with Gasteiger partial charge in [0.2, 0.25) is 0 Å². The minimum absolute atomic E-state index is 0.0388. The van der Waals surface area contributed by atoms with Crippen molar-refractivity contribution >= 4 is 16.1 Å². The lowest BCUT2D eigenvalue weighted by molar-refractivity contribution is -0.148. The molecule has 1 saturated heterocycles. The van der Waals surface area contributed by atoms with Crippen LogP contribution in [0, 0.1) is 33.5 Å². The van der Waals surface area contributed by atoms with E-state index < -0.39 is 10.1 Å². The van der Waals surface area contributed by atoms with Crippen LogP contribution in [0.2, 0.25) is 0 Å². The van der Waals surface area contributed by atoms with Crippen LogP contribution in [0.5, 0.6) is 0 Å². The second-order valence-electron chi connectivity index (χ2n) is 10.8. The van der Waals surface area contributed by atoms with Gasteiger partial charge in [-0.15, -0.1) is 0 Å². The van der Waals surface area contributed by atoms with Crippen LogP contribution in [-0.4, -0.2) is 33.4 Å². The zero-order valence-electron chi connectivity index (χ0n) is 17.3. The van der Waals surface area contributed by atoms with E-state index in [-0.39, 0.29) is 52.2 Å². The van der Waals surface area contributed by atoms with Crippen LogP contribution in [0.3, 0.4) is 0 Å². The van der Waals surface area contributed by atoms with E-state index in [1.54, 1.807) is 0 Å². The number of ether oxygens (including phenoxy) is 1. The minimum Gasteiger partial charge on any atom is -0.462 e. The fourth-order valence-corrected chi connectivity index (χ4v) is 8.73. The summed E-state index contributed by atoms with van der Waals surface area (Å²) >= 11 is 0. The van der Waals surface area contributed by atoms with Crippen LogP contribution in [0.1, 0.15) is 65.2 Å². The lowest BCUT2D eigenvalue weighted by Crippen LogP contribution is -2.51. The van der Waals surface area contributed by atoms with Gasteiger partial charge < -0.3 is 4.74 Å². The van der Waals surface area contributed by atoms with E-state index in [4.69, 9.17) is 8.92 Å². The monoisotopic (exact) mass is 408 g/mol. The Hall–Kier alpha value is -0.880. The lowest BCUT2D eigenvalue weighted by Gasteiger charge is -2.54. The first-order chi connectivity index (χ1) is 13.0. The van der Waals surface area contributed by atoms with Crippen LogP contribution in [-0.2, 0) is 23.8 Å². The first-order valence-corrected chi connectivity index (χ1v) is 12.5. The topological polar surface area (TPSA) is 69.7 Å². The third kappa shape index (κ3) is 2.17. The first-order valence-electron chi connectivity index (χ1n) is 10.7. The van der Waals surface area contributed by atoms with Gasteiger partial charge in [-0.2, -0.15) is 8.42 Å². The van der Waals surface area contributed by atoms with Crippen molar-refractivity contribution in [3.8, 4) is 0 Å². The molecular weight excluding hydrogens is 376 g/mol. The van der Waals surface area contributed by atoms with Crippen LogP contribution < -0.4 is 0 Å². The van der Waals surface area contributed by atoms with Crippen molar-refractivity contribution in [2.45, 2.75) is 71.3 Å². The quantitative estimate of drug-likeness (QED) is 0.402. The average Bonchev–Trinajstić information content (AvgIpc) is 3.09. The van der Waals surface area contributed by atoms with Crippen LogP contribution in [0.15, 0.2) is 12.2 Å². The molecule has 4 saturated carbocycles. The zero-order chi connectivity index (χ0) is 20.2. The van der Waals surface area contributed by atoms with Gasteiger partial charge in [-0.25, -0.2) is 0 Å². The van der Waals surface area contributed by atoms with Gasteiger partial charge in [-0.3, -0.25) is 8.98 Å². The molecule has 1 heterocycles. The molecule has 6 heteroatoms. The van der Waals surface area contributed by atoms with Gasteiger partial charge in [0.1, 0.15) is 6.10 Å². The molecule has 0 N–H and O–H groups in total. The molecule has 0 amide bonds. The standard InChI is InChI=1S/C22H32O5S/c1-14-5-10-22-12-21(22,13-26-28(4,24)25)17(7-9-20(14,22)3)19(2)8-6-15-11-16(19)18(23)27-15/h15-17H,1,5-13H2,2-4H3/t15-,16-,17+,19-,20+,21?,22-/m0/s1. The van der Waals surface area contributed by atoms with Gasteiger partial charge in [0, 0.05) is 5.41 Å². The van der Waals surface area contributed by atoms with Crippen molar-refractivity contribution in [1.29, 1.82) is 0 Å². The Kier molecular flexibility index (Phi) is 3.70. The number of rotatable bonds is 4. The maximum Gasteiger partial charge on any atom is 0.309 e. The molecule has 156 valence electrons. The fraction of sp³-hybridized carbons (Fsp3) is 0.864. The summed E-state index contributed by atoms with van der Waals surface area (Å²) in [5.74, 6) is 0.193. The SMILES string of the molecule is C=C1CC[C@@]23CC2(COS(C)(=O)=O)[C@@H]([C@@]2(C)CC[C@H]4C[C@H]2C(=O)O4)CC[C@]13C. The van der Waals surface area contributed by atoms with Crippen LogP contribution in [0.25, 0.3) is 0 Å². The second-order valence-corrected chi connectivity index (χ2v) is 12.4. The van der Waals surface area contributed by atoms with Gasteiger partial charge in [0.05, 0.1) is 18.8 Å². The predicted molar refractivity (Wildman–Crippen MR) is 105 cm³/mol. The lowest BCUT2D eigenvalue weighted by atomic mass is 9.49. The Balaban J connectivity index is 1.57. The third-order valence-electron chi connectivity index (χ3n) is 9.93. The molecular formula is C22H32O5S. The number of carbonyl (C=O) groups is 1. The Bertz CT molecular complexity index is 864. The van der Waals surface area contributed by atoms with Crippen molar-refractivity contribution < 1.29 is 22.1 Å². The third-order valence-corrected chi connectivity index (χ3v) is 10.5. The number of esters is 1. The van der Waals surface area contributed by atoms with Crippen LogP contribution in [0.4, 0.5) is 0 Å². The van der Waals surface area contributed by atoms with Gasteiger partial charge in [-0.1, -0.05) is 26.0 Å². The van der Waals surface area contributed by atoms with E-state index in [1.165, 1.54) is 5.57 Å². The van der Waals surface area contributed by atoms with Crippen LogP contribution >= 0.6 is 0 Å². The summed E-state index contributed by atoms with van der Waals surface area (Å²) in [6.07, 6.45) is 9.14. The summed E-state index contributed by atoms with van der Waals surface area (Å²) in [6.45, 7) is 9.25. The van der Waals surface area contributed by atoms with E-state index in [0.717, 1.165) is 57.6 Å². The van der Waals surface area contributed by atoms with Crippen molar-refractivity contribution in [2.24, 2.45) is 33.5 Å². The Morgan fingerprint density at radius 3 is 2.68 bits per heavy atom. The number of carbonyl (C=O) groups excluding carboxylic acids is 1. The number of allylic oxidation sites excluding steroid dienone is 1. The van der Waals surface area contributed by atoms with E-state index in [9.17, 15) is 13.2 Å². The summed E-state index contributed by atoms with van der Waals surface area (Å²) in [7, 11) is -3.51. The average molecular weight is 409 g/mol. The molecule has 1 spiro atoms. The first kappa shape index (κ1) is 19.1. The number of hydrogen-bond acceptors (Lipinski definition) is 5. The van der Waals surface area contributed by atoms with E-state index in [0.29, 0.717) is 0 Å².